The molecule has 2 aliphatic rings. The Morgan fingerprint density at radius 1 is 1.06 bits per heavy atom. The molecule has 0 amide bonds. The highest BCUT2D eigenvalue weighted by Crippen LogP contribution is 2.39. The number of hydrogen-bond donors (Lipinski definition) is 1. The van der Waals surface area contributed by atoms with Gasteiger partial charge < -0.3 is 5.73 Å². The molecule has 2 N–H and O–H groups in total. The predicted molar refractivity (Wildman–Crippen MR) is 69.4 cm³/mol. The first-order valence-corrected chi connectivity index (χ1v) is 7.13. The molecule has 0 bridgehead atoms. The molecule has 2 unspecified atom stereocenters. The highest BCUT2D eigenvalue weighted by molar-refractivity contribution is 4.92. The van der Waals surface area contributed by atoms with E-state index in [0.717, 1.165) is 18.6 Å². The van der Waals surface area contributed by atoms with Crippen LogP contribution in [0.4, 0.5) is 0 Å². The van der Waals surface area contributed by atoms with Gasteiger partial charge in [-0.05, 0) is 51.5 Å². The number of likely N-dealkylation sites (tertiary alicyclic amines) is 1. The molecule has 0 aromatic carbocycles. The average molecular weight is 224 g/mol. The molecule has 94 valence electrons. The third kappa shape index (κ3) is 2.43. The van der Waals surface area contributed by atoms with E-state index < -0.39 is 0 Å². The van der Waals surface area contributed by atoms with E-state index in [2.05, 4.69) is 18.7 Å². The van der Waals surface area contributed by atoms with Crippen LogP contribution in [0.2, 0.25) is 0 Å². The lowest BCUT2D eigenvalue weighted by Crippen LogP contribution is -2.50. The third-order valence-corrected chi connectivity index (χ3v) is 4.99. The number of nitrogens with two attached hydrogens (primary N) is 1. The number of piperidine rings is 1. The Morgan fingerprint density at radius 3 is 2.12 bits per heavy atom. The molecule has 2 fully saturated rings. The second-order valence-electron chi connectivity index (χ2n) is 6.21. The molecule has 1 aliphatic carbocycles. The Labute approximate surface area is 101 Å². The van der Waals surface area contributed by atoms with Gasteiger partial charge in [-0.3, -0.25) is 4.90 Å². The van der Waals surface area contributed by atoms with Crippen molar-refractivity contribution in [3.8, 4) is 0 Å². The maximum Gasteiger partial charge on any atom is 0.00700 e. The number of hydrogen-bond acceptors (Lipinski definition) is 2. The van der Waals surface area contributed by atoms with Gasteiger partial charge in [-0.25, -0.2) is 0 Å². The van der Waals surface area contributed by atoms with Crippen LogP contribution < -0.4 is 5.73 Å². The molecule has 2 atom stereocenters. The van der Waals surface area contributed by atoms with E-state index in [0.29, 0.717) is 5.41 Å². The Kier molecular flexibility index (Phi) is 3.91. The van der Waals surface area contributed by atoms with Crippen molar-refractivity contribution in [3.05, 3.63) is 0 Å². The Hall–Kier alpha value is -0.0800. The zero-order valence-corrected chi connectivity index (χ0v) is 11.0. The lowest BCUT2D eigenvalue weighted by molar-refractivity contribution is 0.0525. The normalized spacial score (nSPS) is 35.4. The SMILES string of the molecule is CC1CCCC(C)N1CC1(CN)CCCC1. The fourth-order valence-electron chi connectivity index (χ4n) is 3.73. The van der Waals surface area contributed by atoms with Crippen molar-refractivity contribution in [2.45, 2.75) is 70.9 Å². The highest BCUT2D eigenvalue weighted by atomic mass is 15.2. The van der Waals surface area contributed by atoms with E-state index in [9.17, 15) is 0 Å². The zero-order valence-electron chi connectivity index (χ0n) is 11.0. The van der Waals surface area contributed by atoms with Crippen molar-refractivity contribution in [2.24, 2.45) is 11.1 Å². The first kappa shape index (κ1) is 12.4. The summed E-state index contributed by atoms with van der Waals surface area (Å²) in [6, 6.07) is 1.54. The van der Waals surface area contributed by atoms with Crippen molar-refractivity contribution in [1.29, 1.82) is 0 Å². The first-order chi connectivity index (χ1) is 7.67. The van der Waals surface area contributed by atoms with Crippen LogP contribution in [0.15, 0.2) is 0 Å². The second-order valence-corrected chi connectivity index (χ2v) is 6.21. The molecular weight excluding hydrogens is 196 g/mol. The van der Waals surface area contributed by atoms with Crippen LogP contribution in [0.3, 0.4) is 0 Å². The quantitative estimate of drug-likeness (QED) is 0.798. The van der Waals surface area contributed by atoms with Crippen molar-refractivity contribution >= 4 is 0 Å². The lowest BCUT2D eigenvalue weighted by Gasteiger charge is -2.44. The maximum atomic E-state index is 6.05. The minimum absolute atomic E-state index is 0.458. The van der Waals surface area contributed by atoms with Gasteiger partial charge in [-0.2, -0.15) is 0 Å². The van der Waals surface area contributed by atoms with E-state index in [1.165, 1.54) is 51.5 Å². The van der Waals surface area contributed by atoms with Crippen LogP contribution in [-0.4, -0.2) is 30.1 Å². The Balaban J connectivity index is 2.00. The van der Waals surface area contributed by atoms with E-state index >= 15 is 0 Å². The van der Waals surface area contributed by atoms with E-state index in [1.54, 1.807) is 0 Å². The predicted octanol–water partition coefficient (Wildman–Crippen LogP) is 2.77. The standard InChI is InChI=1S/C14H28N2/c1-12-6-5-7-13(2)16(12)11-14(10-15)8-3-4-9-14/h12-13H,3-11,15H2,1-2H3. The van der Waals surface area contributed by atoms with Gasteiger partial charge in [0.2, 0.25) is 0 Å². The monoisotopic (exact) mass is 224 g/mol. The van der Waals surface area contributed by atoms with Gasteiger partial charge in [-0.15, -0.1) is 0 Å². The molecule has 0 aromatic rings. The summed E-state index contributed by atoms with van der Waals surface area (Å²) >= 11 is 0. The summed E-state index contributed by atoms with van der Waals surface area (Å²) in [4.78, 5) is 2.74. The molecule has 1 saturated heterocycles. The van der Waals surface area contributed by atoms with Crippen molar-refractivity contribution in [1.82, 2.24) is 4.90 Å². The summed E-state index contributed by atoms with van der Waals surface area (Å²) < 4.78 is 0. The summed E-state index contributed by atoms with van der Waals surface area (Å²) in [6.45, 7) is 6.94. The van der Waals surface area contributed by atoms with Crippen LogP contribution in [0.5, 0.6) is 0 Å². The highest BCUT2D eigenvalue weighted by Gasteiger charge is 2.37. The molecular formula is C14H28N2. The summed E-state index contributed by atoms with van der Waals surface area (Å²) in [5.41, 5.74) is 6.51. The Morgan fingerprint density at radius 2 is 1.62 bits per heavy atom. The average Bonchev–Trinajstić information content (AvgIpc) is 2.73. The minimum atomic E-state index is 0.458. The van der Waals surface area contributed by atoms with Gasteiger partial charge >= 0.3 is 0 Å². The van der Waals surface area contributed by atoms with Gasteiger partial charge in [-0.1, -0.05) is 19.3 Å². The summed E-state index contributed by atoms with van der Waals surface area (Å²) in [5.74, 6) is 0. The topological polar surface area (TPSA) is 29.3 Å². The summed E-state index contributed by atoms with van der Waals surface area (Å²) in [6.07, 6.45) is 9.69. The fraction of sp³-hybridized carbons (Fsp3) is 1.00. The summed E-state index contributed by atoms with van der Waals surface area (Å²) in [7, 11) is 0. The van der Waals surface area contributed by atoms with E-state index in [1.807, 2.05) is 0 Å². The molecule has 1 aliphatic heterocycles. The van der Waals surface area contributed by atoms with E-state index in [4.69, 9.17) is 5.73 Å². The van der Waals surface area contributed by atoms with Gasteiger partial charge in [0, 0.05) is 18.6 Å². The van der Waals surface area contributed by atoms with Gasteiger partial charge in [0.15, 0.2) is 0 Å². The van der Waals surface area contributed by atoms with Crippen LogP contribution in [0.25, 0.3) is 0 Å². The molecule has 0 radical (unpaired) electrons. The fourth-order valence-corrected chi connectivity index (χ4v) is 3.73. The van der Waals surface area contributed by atoms with Gasteiger partial charge in [0.1, 0.15) is 0 Å². The largest absolute Gasteiger partial charge is 0.330 e. The Bertz CT molecular complexity index is 211. The van der Waals surface area contributed by atoms with Crippen LogP contribution in [0, 0.1) is 5.41 Å². The van der Waals surface area contributed by atoms with Gasteiger partial charge in [0.05, 0.1) is 0 Å². The van der Waals surface area contributed by atoms with Crippen LogP contribution in [-0.2, 0) is 0 Å². The maximum absolute atomic E-state index is 6.05. The smallest absolute Gasteiger partial charge is 0.00700 e. The van der Waals surface area contributed by atoms with Crippen molar-refractivity contribution in [2.75, 3.05) is 13.1 Å². The minimum Gasteiger partial charge on any atom is -0.330 e. The second kappa shape index (κ2) is 5.05. The molecule has 2 heteroatoms. The molecule has 0 spiro atoms. The van der Waals surface area contributed by atoms with Crippen LogP contribution in [0.1, 0.15) is 58.8 Å². The summed E-state index contributed by atoms with van der Waals surface area (Å²) in [5, 5.41) is 0. The molecule has 16 heavy (non-hydrogen) atoms. The van der Waals surface area contributed by atoms with Crippen LogP contribution >= 0.6 is 0 Å². The molecule has 1 saturated carbocycles. The molecule has 2 rings (SSSR count). The first-order valence-electron chi connectivity index (χ1n) is 7.13. The molecule has 1 heterocycles. The lowest BCUT2D eigenvalue weighted by atomic mass is 9.83. The third-order valence-electron chi connectivity index (χ3n) is 4.99. The van der Waals surface area contributed by atoms with E-state index in [-0.39, 0.29) is 0 Å². The van der Waals surface area contributed by atoms with Crippen molar-refractivity contribution in [3.63, 3.8) is 0 Å². The number of rotatable bonds is 3. The zero-order chi connectivity index (χ0) is 11.6. The molecule has 0 aromatic heterocycles. The van der Waals surface area contributed by atoms with Gasteiger partial charge in [0.25, 0.3) is 0 Å². The number of nitrogens with zero attached hydrogens (tertiary/aromatic N) is 1. The molecule has 2 nitrogen and oxygen atoms in total. The van der Waals surface area contributed by atoms with Crippen molar-refractivity contribution < 1.29 is 0 Å².